The third kappa shape index (κ3) is 4.20. The molecule has 156 valence electrons. The Labute approximate surface area is 163 Å². The van der Waals surface area contributed by atoms with E-state index in [-0.39, 0.29) is 29.7 Å². The van der Waals surface area contributed by atoms with Crippen LogP contribution >= 0.6 is 0 Å². The van der Waals surface area contributed by atoms with E-state index in [4.69, 9.17) is 9.26 Å². The number of aromatic nitrogens is 3. The monoisotopic (exact) mass is 411 g/mol. The van der Waals surface area contributed by atoms with E-state index >= 15 is 0 Å². The minimum atomic E-state index is -4.61. The topological polar surface area (TPSA) is 90.1 Å². The maximum absolute atomic E-state index is 13.1. The molecule has 0 atom stereocenters. The van der Waals surface area contributed by atoms with Crippen molar-refractivity contribution in [1.29, 1.82) is 0 Å². The Morgan fingerprint density at radius 2 is 2.03 bits per heavy atom. The van der Waals surface area contributed by atoms with Crippen LogP contribution in [0, 0.1) is 6.92 Å². The number of nitrogens with zero attached hydrogens (tertiary/aromatic N) is 2. The van der Waals surface area contributed by atoms with E-state index in [2.05, 4.69) is 10.1 Å². The lowest BCUT2D eigenvalue weighted by molar-refractivity contribution is -0.141. The number of hydrogen-bond donors (Lipinski definition) is 1. The van der Waals surface area contributed by atoms with Crippen molar-refractivity contribution in [2.75, 3.05) is 6.61 Å². The van der Waals surface area contributed by atoms with Crippen LogP contribution in [0.4, 0.5) is 13.2 Å². The highest BCUT2D eigenvalue weighted by atomic mass is 19.4. The van der Waals surface area contributed by atoms with Gasteiger partial charge in [-0.2, -0.15) is 13.2 Å². The molecular formula is C19H20F3N3O4. The van der Waals surface area contributed by atoms with Crippen LogP contribution < -0.4 is 16.0 Å². The summed E-state index contributed by atoms with van der Waals surface area (Å²) in [6.45, 7) is 3.81. The SMILES string of the molecule is CCCc1c(OCCCn2c(=O)[nH]cc(C)c2=O)ccc2c(C(F)(F)F)noc12. The minimum Gasteiger partial charge on any atom is -0.493 e. The molecule has 10 heteroatoms. The normalized spacial score (nSPS) is 11.9. The highest BCUT2D eigenvalue weighted by molar-refractivity contribution is 5.85. The second-order valence-electron chi connectivity index (χ2n) is 6.63. The van der Waals surface area contributed by atoms with Crippen molar-refractivity contribution >= 4 is 11.0 Å². The van der Waals surface area contributed by atoms with Gasteiger partial charge in [-0.15, -0.1) is 0 Å². The van der Waals surface area contributed by atoms with E-state index in [9.17, 15) is 22.8 Å². The predicted molar refractivity (Wildman–Crippen MR) is 99.2 cm³/mol. The zero-order valence-electron chi connectivity index (χ0n) is 15.9. The summed E-state index contributed by atoms with van der Waals surface area (Å²) in [6, 6.07) is 2.74. The quantitative estimate of drug-likeness (QED) is 0.602. The van der Waals surface area contributed by atoms with Crippen LogP contribution in [0.15, 0.2) is 32.4 Å². The van der Waals surface area contributed by atoms with E-state index in [0.29, 0.717) is 36.1 Å². The van der Waals surface area contributed by atoms with E-state index in [0.717, 1.165) is 4.57 Å². The Hall–Kier alpha value is -3.04. The maximum atomic E-state index is 13.1. The molecule has 0 aliphatic rings. The number of ether oxygens (including phenoxy) is 1. The summed E-state index contributed by atoms with van der Waals surface area (Å²) in [5.41, 5.74) is -0.943. The first kappa shape index (κ1) is 20.7. The van der Waals surface area contributed by atoms with Crippen LogP contribution in [0.2, 0.25) is 0 Å². The lowest BCUT2D eigenvalue weighted by atomic mass is 10.0. The zero-order valence-corrected chi connectivity index (χ0v) is 15.9. The fourth-order valence-electron chi connectivity index (χ4n) is 3.09. The summed E-state index contributed by atoms with van der Waals surface area (Å²) < 4.78 is 51.0. The van der Waals surface area contributed by atoms with Gasteiger partial charge in [-0.1, -0.05) is 18.5 Å². The molecule has 0 aliphatic carbocycles. The van der Waals surface area contributed by atoms with Crippen molar-refractivity contribution in [2.45, 2.75) is 45.8 Å². The highest BCUT2D eigenvalue weighted by Crippen LogP contribution is 2.38. The predicted octanol–water partition coefficient (Wildman–Crippen LogP) is 3.43. The Morgan fingerprint density at radius 3 is 2.72 bits per heavy atom. The third-order valence-electron chi connectivity index (χ3n) is 4.49. The van der Waals surface area contributed by atoms with Crippen LogP contribution in [0.3, 0.4) is 0 Å². The second kappa shape index (κ2) is 8.14. The summed E-state index contributed by atoms with van der Waals surface area (Å²) in [6.07, 6.45) is -1.76. The number of halogens is 3. The van der Waals surface area contributed by atoms with Gasteiger partial charge in [0.1, 0.15) is 5.75 Å². The second-order valence-corrected chi connectivity index (χ2v) is 6.63. The van der Waals surface area contributed by atoms with Crippen molar-refractivity contribution in [1.82, 2.24) is 14.7 Å². The van der Waals surface area contributed by atoms with Crippen LogP contribution in [-0.2, 0) is 19.1 Å². The molecule has 3 rings (SSSR count). The van der Waals surface area contributed by atoms with Gasteiger partial charge < -0.3 is 14.2 Å². The number of alkyl halides is 3. The Morgan fingerprint density at radius 1 is 1.28 bits per heavy atom. The first-order valence-electron chi connectivity index (χ1n) is 9.14. The fraction of sp³-hybridized carbons (Fsp3) is 0.421. The van der Waals surface area contributed by atoms with Crippen molar-refractivity contribution in [2.24, 2.45) is 0 Å². The number of benzene rings is 1. The first-order valence-corrected chi connectivity index (χ1v) is 9.14. The lowest BCUT2D eigenvalue weighted by Crippen LogP contribution is -2.36. The molecule has 0 amide bonds. The molecule has 29 heavy (non-hydrogen) atoms. The van der Waals surface area contributed by atoms with Gasteiger partial charge in [-0.3, -0.25) is 9.36 Å². The number of aryl methyl sites for hydroxylation is 2. The minimum absolute atomic E-state index is 0.0584. The average Bonchev–Trinajstić information content (AvgIpc) is 3.10. The van der Waals surface area contributed by atoms with Gasteiger partial charge in [-0.25, -0.2) is 4.79 Å². The number of rotatable bonds is 7. The molecular weight excluding hydrogens is 391 g/mol. The van der Waals surface area contributed by atoms with Crippen molar-refractivity contribution < 1.29 is 22.4 Å². The van der Waals surface area contributed by atoms with Gasteiger partial charge >= 0.3 is 11.9 Å². The van der Waals surface area contributed by atoms with Gasteiger partial charge in [0.2, 0.25) is 0 Å². The third-order valence-corrected chi connectivity index (χ3v) is 4.49. The molecule has 0 radical (unpaired) electrons. The van der Waals surface area contributed by atoms with Gasteiger partial charge in [-0.05, 0) is 31.9 Å². The van der Waals surface area contributed by atoms with Crippen molar-refractivity contribution in [3.8, 4) is 5.75 Å². The summed E-state index contributed by atoms with van der Waals surface area (Å²) in [5, 5.41) is 3.08. The molecule has 0 unspecified atom stereocenters. The average molecular weight is 411 g/mol. The zero-order chi connectivity index (χ0) is 21.2. The van der Waals surface area contributed by atoms with E-state index in [1.165, 1.54) is 18.3 Å². The molecule has 0 fully saturated rings. The smallest absolute Gasteiger partial charge is 0.437 e. The maximum Gasteiger partial charge on any atom is 0.437 e. The van der Waals surface area contributed by atoms with E-state index in [1.807, 2.05) is 6.92 Å². The van der Waals surface area contributed by atoms with Gasteiger partial charge in [0.25, 0.3) is 5.56 Å². The molecule has 1 aromatic carbocycles. The summed E-state index contributed by atoms with van der Waals surface area (Å²) >= 11 is 0. The summed E-state index contributed by atoms with van der Waals surface area (Å²) in [7, 11) is 0. The Bertz CT molecular complexity index is 1130. The number of hydrogen-bond acceptors (Lipinski definition) is 5. The molecule has 0 saturated carbocycles. The Balaban J connectivity index is 1.78. The highest BCUT2D eigenvalue weighted by Gasteiger charge is 2.37. The number of nitrogens with one attached hydrogen (secondary N) is 1. The van der Waals surface area contributed by atoms with Crippen LogP contribution in [0.25, 0.3) is 11.0 Å². The van der Waals surface area contributed by atoms with Crippen molar-refractivity contribution in [3.63, 3.8) is 0 Å². The first-order chi connectivity index (χ1) is 13.7. The number of H-pyrrole nitrogens is 1. The standard InChI is InChI=1S/C19H20F3N3O4/c1-3-5-12-14(7-6-13-15(12)29-24-16(13)19(20,21)22)28-9-4-8-25-17(26)11(2)10-23-18(25)27/h6-7,10H,3-5,8-9H2,1-2H3,(H,23,27). The summed E-state index contributed by atoms with van der Waals surface area (Å²) in [5.74, 6) is 0.398. The largest absolute Gasteiger partial charge is 0.493 e. The number of aromatic amines is 1. The summed E-state index contributed by atoms with van der Waals surface area (Å²) in [4.78, 5) is 26.3. The number of fused-ring (bicyclic) bond motifs is 1. The molecule has 2 aromatic heterocycles. The lowest BCUT2D eigenvalue weighted by Gasteiger charge is -2.12. The van der Waals surface area contributed by atoms with Crippen LogP contribution in [0.1, 0.15) is 36.6 Å². The molecule has 2 heterocycles. The van der Waals surface area contributed by atoms with E-state index < -0.39 is 17.6 Å². The fourth-order valence-corrected chi connectivity index (χ4v) is 3.09. The van der Waals surface area contributed by atoms with Crippen molar-refractivity contribution in [3.05, 3.63) is 56.0 Å². The van der Waals surface area contributed by atoms with Gasteiger partial charge in [0, 0.05) is 23.9 Å². The molecule has 7 nitrogen and oxygen atoms in total. The van der Waals surface area contributed by atoms with Crippen LogP contribution in [0.5, 0.6) is 5.75 Å². The molecule has 0 bridgehead atoms. The van der Waals surface area contributed by atoms with Gasteiger partial charge in [0.05, 0.1) is 12.0 Å². The molecule has 0 aliphatic heterocycles. The molecule has 0 saturated heterocycles. The molecule has 0 spiro atoms. The van der Waals surface area contributed by atoms with Gasteiger partial charge in [0.15, 0.2) is 11.3 Å². The Kier molecular flexibility index (Phi) is 5.81. The molecule has 1 N–H and O–H groups in total. The van der Waals surface area contributed by atoms with Crippen LogP contribution in [-0.4, -0.2) is 21.3 Å². The van der Waals surface area contributed by atoms with E-state index in [1.54, 1.807) is 6.92 Å². The molecule has 3 aromatic rings.